The zero-order chi connectivity index (χ0) is 23.4. The topological polar surface area (TPSA) is 64.0 Å². The van der Waals surface area contributed by atoms with E-state index < -0.39 is 10.0 Å². The highest BCUT2D eigenvalue weighted by Crippen LogP contribution is 2.34. The van der Waals surface area contributed by atoms with Crippen molar-refractivity contribution in [2.45, 2.75) is 26.2 Å². The molecule has 0 saturated heterocycles. The number of aromatic nitrogens is 2. The maximum atomic E-state index is 13.3. The molecule has 3 aromatic carbocycles. The van der Waals surface area contributed by atoms with Gasteiger partial charge in [-0.1, -0.05) is 50.2 Å². The number of nitrogens with one attached hydrogen (secondary N) is 1. The average Bonchev–Trinajstić information content (AvgIpc) is 3.23. The van der Waals surface area contributed by atoms with Gasteiger partial charge in [0.1, 0.15) is 5.82 Å². The molecule has 0 aliphatic rings. The summed E-state index contributed by atoms with van der Waals surface area (Å²) in [6.45, 7) is 4.28. The smallest absolute Gasteiger partial charge is 0.211 e. The average molecular weight is 466 g/mol. The first-order chi connectivity index (χ1) is 15.9. The molecule has 0 bridgehead atoms. The number of hydrogen-bond acceptors (Lipinski definition) is 3. The van der Waals surface area contributed by atoms with E-state index in [0.29, 0.717) is 13.0 Å². The van der Waals surface area contributed by atoms with Gasteiger partial charge in [0.15, 0.2) is 0 Å². The predicted octanol–water partition coefficient (Wildman–Crippen LogP) is 5.26. The molecular formula is C26H28FN3O2S. The van der Waals surface area contributed by atoms with Crippen molar-refractivity contribution in [3.63, 3.8) is 0 Å². The molecule has 0 aliphatic heterocycles. The second-order valence-corrected chi connectivity index (χ2v) is 10.3. The lowest BCUT2D eigenvalue weighted by Crippen LogP contribution is -2.32. The third-order valence-corrected chi connectivity index (χ3v) is 7.40. The first-order valence-electron chi connectivity index (χ1n) is 11.1. The van der Waals surface area contributed by atoms with Gasteiger partial charge in [-0.25, -0.2) is 22.2 Å². The molecule has 1 N–H and O–H groups in total. The number of hydrogen-bond donors (Lipinski definition) is 1. The SMILES string of the molecule is CCCS(=O)(=O)NCC(C)C(c1ccccc1)c1ccc2c(cnn2-c2ccc(F)cc2)c1. The minimum absolute atomic E-state index is 0.00842. The van der Waals surface area contributed by atoms with Crippen molar-refractivity contribution < 1.29 is 12.8 Å². The van der Waals surface area contributed by atoms with Crippen LogP contribution in [-0.4, -0.2) is 30.5 Å². The summed E-state index contributed by atoms with van der Waals surface area (Å²) >= 11 is 0. The Kier molecular flexibility index (Phi) is 6.91. The summed E-state index contributed by atoms with van der Waals surface area (Å²) in [5, 5.41) is 5.47. The van der Waals surface area contributed by atoms with E-state index in [1.165, 1.54) is 12.1 Å². The highest BCUT2D eigenvalue weighted by atomic mass is 32.2. The van der Waals surface area contributed by atoms with E-state index in [4.69, 9.17) is 0 Å². The van der Waals surface area contributed by atoms with Crippen LogP contribution < -0.4 is 4.72 Å². The molecule has 0 aliphatic carbocycles. The van der Waals surface area contributed by atoms with Crippen molar-refractivity contribution in [2.75, 3.05) is 12.3 Å². The fourth-order valence-corrected chi connectivity index (χ4v) is 5.46. The van der Waals surface area contributed by atoms with Crippen LogP contribution >= 0.6 is 0 Å². The zero-order valence-electron chi connectivity index (χ0n) is 18.8. The second-order valence-electron chi connectivity index (χ2n) is 8.38. The van der Waals surface area contributed by atoms with Gasteiger partial charge in [0.2, 0.25) is 10.0 Å². The minimum Gasteiger partial charge on any atom is -0.233 e. The van der Waals surface area contributed by atoms with Crippen molar-refractivity contribution in [1.29, 1.82) is 0 Å². The fourth-order valence-electron chi connectivity index (χ4n) is 4.26. The normalized spacial score (nSPS) is 13.8. The maximum Gasteiger partial charge on any atom is 0.211 e. The zero-order valence-corrected chi connectivity index (χ0v) is 19.6. The molecule has 4 rings (SSSR count). The van der Waals surface area contributed by atoms with Crippen LogP contribution in [0.2, 0.25) is 0 Å². The van der Waals surface area contributed by atoms with Crippen LogP contribution in [0.4, 0.5) is 4.39 Å². The first kappa shape index (κ1) is 23.1. The van der Waals surface area contributed by atoms with Crippen LogP contribution in [0.5, 0.6) is 0 Å². The Hall–Kier alpha value is -3.03. The Morgan fingerprint density at radius 1 is 1.00 bits per heavy atom. The molecule has 2 atom stereocenters. The van der Waals surface area contributed by atoms with Gasteiger partial charge in [0, 0.05) is 17.8 Å². The Morgan fingerprint density at radius 2 is 1.73 bits per heavy atom. The van der Waals surface area contributed by atoms with E-state index in [9.17, 15) is 12.8 Å². The van der Waals surface area contributed by atoms with Gasteiger partial charge < -0.3 is 0 Å². The van der Waals surface area contributed by atoms with Gasteiger partial charge in [0.25, 0.3) is 0 Å². The number of fused-ring (bicyclic) bond motifs is 1. The Balaban J connectivity index is 1.68. The largest absolute Gasteiger partial charge is 0.233 e. The van der Waals surface area contributed by atoms with Gasteiger partial charge in [-0.3, -0.25) is 0 Å². The van der Waals surface area contributed by atoms with Crippen LogP contribution in [0.15, 0.2) is 79.0 Å². The van der Waals surface area contributed by atoms with Gasteiger partial charge in [0.05, 0.1) is 23.2 Å². The van der Waals surface area contributed by atoms with Crippen LogP contribution in [0.1, 0.15) is 37.3 Å². The highest BCUT2D eigenvalue weighted by molar-refractivity contribution is 7.89. The van der Waals surface area contributed by atoms with Crippen LogP contribution in [-0.2, 0) is 10.0 Å². The Morgan fingerprint density at radius 3 is 2.42 bits per heavy atom. The van der Waals surface area contributed by atoms with E-state index in [1.807, 2.05) is 31.2 Å². The van der Waals surface area contributed by atoms with Crippen molar-refractivity contribution in [3.8, 4) is 5.69 Å². The van der Waals surface area contributed by atoms with Crippen molar-refractivity contribution in [3.05, 3.63) is 95.9 Å². The second kappa shape index (κ2) is 9.85. The Bertz CT molecular complexity index is 1320. The molecule has 1 aromatic heterocycles. The van der Waals surface area contributed by atoms with Gasteiger partial charge in [-0.05, 0) is 59.9 Å². The lowest BCUT2D eigenvalue weighted by atomic mass is 9.81. The van der Waals surface area contributed by atoms with Crippen LogP contribution in [0.3, 0.4) is 0 Å². The lowest BCUT2D eigenvalue weighted by Gasteiger charge is -2.25. The monoisotopic (exact) mass is 465 g/mol. The van der Waals surface area contributed by atoms with E-state index in [2.05, 4.69) is 41.0 Å². The van der Waals surface area contributed by atoms with Gasteiger partial charge in [-0.2, -0.15) is 5.10 Å². The van der Waals surface area contributed by atoms with E-state index in [1.54, 1.807) is 23.0 Å². The molecule has 0 amide bonds. The number of benzene rings is 3. The first-order valence-corrected chi connectivity index (χ1v) is 12.8. The van der Waals surface area contributed by atoms with Crippen molar-refractivity contribution >= 4 is 20.9 Å². The standard InChI is InChI=1S/C26H28FN3O2S/c1-3-15-33(31,32)29-17-19(2)26(20-7-5-4-6-8-20)21-9-14-25-22(16-21)18-28-30(25)24-12-10-23(27)11-13-24/h4-14,16,18-19,26,29H,3,15,17H2,1-2H3. The molecule has 4 aromatic rings. The lowest BCUT2D eigenvalue weighted by molar-refractivity contribution is 0.494. The van der Waals surface area contributed by atoms with E-state index >= 15 is 0 Å². The molecule has 5 nitrogen and oxygen atoms in total. The Labute approximate surface area is 194 Å². The van der Waals surface area contributed by atoms with Crippen molar-refractivity contribution in [2.24, 2.45) is 5.92 Å². The van der Waals surface area contributed by atoms with E-state index in [-0.39, 0.29) is 23.4 Å². The summed E-state index contributed by atoms with van der Waals surface area (Å²) in [4.78, 5) is 0. The fraction of sp³-hybridized carbons (Fsp3) is 0.269. The molecule has 0 radical (unpaired) electrons. The third kappa shape index (κ3) is 5.31. The summed E-state index contributed by atoms with van der Waals surface area (Å²) in [5.74, 6) is -0.117. The van der Waals surface area contributed by atoms with Crippen molar-refractivity contribution in [1.82, 2.24) is 14.5 Å². The predicted molar refractivity (Wildman–Crippen MR) is 131 cm³/mol. The summed E-state index contributed by atoms with van der Waals surface area (Å²) in [7, 11) is -3.28. The highest BCUT2D eigenvalue weighted by Gasteiger charge is 2.23. The molecule has 0 fully saturated rings. The minimum atomic E-state index is -3.28. The van der Waals surface area contributed by atoms with Gasteiger partial charge in [-0.15, -0.1) is 0 Å². The number of sulfonamides is 1. The summed E-state index contributed by atoms with van der Waals surface area (Å²) in [6, 6.07) is 22.6. The maximum absolute atomic E-state index is 13.3. The molecule has 33 heavy (non-hydrogen) atoms. The van der Waals surface area contributed by atoms with Crippen LogP contribution in [0.25, 0.3) is 16.6 Å². The van der Waals surface area contributed by atoms with Crippen LogP contribution in [0, 0.1) is 11.7 Å². The summed E-state index contributed by atoms with van der Waals surface area (Å²) in [5.41, 5.74) is 3.94. The number of halogens is 1. The quantitative estimate of drug-likeness (QED) is 0.367. The molecule has 0 saturated carbocycles. The van der Waals surface area contributed by atoms with Gasteiger partial charge >= 0.3 is 0 Å². The molecule has 0 spiro atoms. The molecule has 7 heteroatoms. The number of nitrogens with zero attached hydrogens (tertiary/aromatic N) is 2. The third-order valence-electron chi connectivity index (χ3n) is 5.85. The van der Waals surface area contributed by atoms with E-state index in [0.717, 1.165) is 27.7 Å². The summed E-state index contributed by atoms with van der Waals surface area (Å²) in [6.07, 6.45) is 2.39. The molecule has 2 unspecified atom stereocenters. The summed E-state index contributed by atoms with van der Waals surface area (Å²) < 4.78 is 42.3. The molecule has 1 heterocycles. The molecule has 172 valence electrons. The molecular weight excluding hydrogens is 437 g/mol. The number of rotatable bonds is 9.